The van der Waals surface area contributed by atoms with Crippen LogP contribution < -0.4 is 5.32 Å². The van der Waals surface area contributed by atoms with Gasteiger partial charge in [0.2, 0.25) is 5.91 Å². The molecular formula is C21H25ClN2O. The quantitative estimate of drug-likeness (QED) is 0.852. The first-order chi connectivity index (χ1) is 12.0. The van der Waals surface area contributed by atoms with Gasteiger partial charge in [-0.05, 0) is 63.0 Å². The van der Waals surface area contributed by atoms with Crippen LogP contribution in [0.3, 0.4) is 0 Å². The second kappa shape index (κ2) is 8.03. The van der Waals surface area contributed by atoms with E-state index in [-0.39, 0.29) is 11.8 Å². The van der Waals surface area contributed by atoms with Crippen LogP contribution in [0.15, 0.2) is 42.5 Å². The molecule has 1 fully saturated rings. The number of carbonyl (C=O) groups is 1. The third kappa shape index (κ3) is 4.83. The van der Waals surface area contributed by atoms with Gasteiger partial charge in [0.05, 0.1) is 0 Å². The summed E-state index contributed by atoms with van der Waals surface area (Å²) in [5.74, 6) is 0.188. The Kier molecular flexibility index (Phi) is 5.77. The van der Waals surface area contributed by atoms with Crippen molar-refractivity contribution < 1.29 is 4.79 Å². The molecular weight excluding hydrogens is 332 g/mol. The van der Waals surface area contributed by atoms with Crippen LogP contribution in [0.1, 0.15) is 29.5 Å². The summed E-state index contributed by atoms with van der Waals surface area (Å²) in [5, 5.41) is 3.70. The average Bonchev–Trinajstić information content (AvgIpc) is 2.59. The van der Waals surface area contributed by atoms with E-state index < -0.39 is 0 Å². The lowest BCUT2D eigenvalue weighted by Gasteiger charge is -2.31. The van der Waals surface area contributed by atoms with Crippen molar-refractivity contribution in [2.45, 2.75) is 33.2 Å². The van der Waals surface area contributed by atoms with Crippen molar-refractivity contribution in [3.63, 3.8) is 0 Å². The summed E-state index contributed by atoms with van der Waals surface area (Å²) in [5.41, 5.74) is 4.50. The molecule has 2 aromatic carbocycles. The fraction of sp³-hybridized carbons (Fsp3) is 0.381. The van der Waals surface area contributed by atoms with E-state index in [1.165, 1.54) is 11.1 Å². The first kappa shape index (κ1) is 18.0. The lowest BCUT2D eigenvalue weighted by Crippen LogP contribution is -2.37. The van der Waals surface area contributed by atoms with E-state index in [1.54, 1.807) is 0 Å². The summed E-state index contributed by atoms with van der Waals surface area (Å²) in [6, 6.07) is 14.2. The molecule has 0 saturated carbocycles. The number of aryl methyl sites for hydroxylation is 2. The molecule has 132 valence electrons. The molecule has 1 amide bonds. The minimum atomic E-state index is 0.0761. The van der Waals surface area contributed by atoms with Gasteiger partial charge in [-0.1, -0.05) is 47.5 Å². The van der Waals surface area contributed by atoms with Crippen molar-refractivity contribution in [3.8, 4) is 0 Å². The number of amides is 1. The summed E-state index contributed by atoms with van der Waals surface area (Å²) in [6.07, 6.45) is 1.80. The molecule has 3 nitrogen and oxygen atoms in total. The molecule has 4 heteroatoms. The number of rotatable bonds is 4. The number of carbonyl (C=O) groups excluding carboxylic acids is 1. The molecule has 1 aliphatic rings. The highest BCUT2D eigenvalue weighted by Crippen LogP contribution is 2.24. The maximum Gasteiger partial charge on any atom is 0.227 e. The Hall–Kier alpha value is -1.84. The van der Waals surface area contributed by atoms with E-state index in [9.17, 15) is 4.79 Å². The molecule has 0 spiro atoms. The Morgan fingerprint density at radius 1 is 1.16 bits per heavy atom. The van der Waals surface area contributed by atoms with Crippen LogP contribution in [0, 0.1) is 19.8 Å². The molecule has 0 unspecified atom stereocenters. The second-order valence-corrected chi connectivity index (χ2v) is 7.42. The standard InChI is InChI=1S/C21H25ClN2O/c1-15-4-3-5-17(12-15)14-24-10-8-18(9-11-24)21(25)23-20-13-19(22)7-6-16(20)2/h3-7,12-13,18H,8-11,14H2,1-2H3,(H,23,25). The van der Waals surface area contributed by atoms with Crippen molar-refractivity contribution in [2.24, 2.45) is 5.92 Å². The summed E-state index contributed by atoms with van der Waals surface area (Å²) in [6.45, 7) is 6.98. The Morgan fingerprint density at radius 3 is 2.64 bits per heavy atom. The van der Waals surface area contributed by atoms with Crippen LogP contribution in [-0.2, 0) is 11.3 Å². The maximum atomic E-state index is 12.6. The number of anilines is 1. The van der Waals surface area contributed by atoms with Gasteiger partial charge in [0.15, 0.2) is 0 Å². The van der Waals surface area contributed by atoms with Gasteiger partial charge in [0.1, 0.15) is 0 Å². The van der Waals surface area contributed by atoms with Crippen molar-refractivity contribution in [3.05, 3.63) is 64.2 Å². The van der Waals surface area contributed by atoms with Crippen LogP contribution in [0.4, 0.5) is 5.69 Å². The number of halogens is 1. The molecule has 0 bridgehead atoms. The second-order valence-electron chi connectivity index (χ2n) is 6.99. The predicted octanol–water partition coefficient (Wildman–Crippen LogP) is 4.81. The molecule has 0 aliphatic carbocycles. The Bertz CT molecular complexity index is 751. The Balaban J connectivity index is 1.53. The molecule has 2 aromatic rings. The van der Waals surface area contributed by atoms with Crippen LogP contribution in [0.25, 0.3) is 0 Å². The van der Waals surface area contributed by atoms with Gasteiger partial charge >= 0.3 is 0 Å². The van der Waals surface area contributed by atoms with Gasteiger partial charge in [0, 0.05) is 23.2 Å². The van der Waals surface area contributed by atoms with Crippen LogP contribution >= 0.6 is 11.6 Å². The van der Waals surface area contributed by atoms with Crippen LogP contribution in [0.2, 0.25) is 5.02 Å². The van der Waals surface area contributed by atoms with E-state index in [4.69, 9.17) is 11.6 Å². The van der Waals surface area contributed by atoms with Crippen molar-refractivity contribution in [2.75, 3.05) is 18.4 Å². The summed E-state index contributed by atoms with van der Waals surface area (Å²) in [4.78, 5) is 15.0. The van der Waals surface area contributed by atoms with Crippen LogP contribution in [0.5, 0.6) is 0 Å². The molecule has 1 heterocycles. The number of hydrogen-bond acceptors (Lipinski definition) is 2. The zero-order valence-electron chi connectivity index (χ0n) is 14.9. The molecule has 1 N–H and O–H groups in total. The third-order valence-corrected chi connectivity index (χ3v) is 5.14. The van der Waals surface area contributed by atoms with E-state index in [1.807, 2.05) is 25.1 Å². The van der Waals surface area contributed by atoms with Crippen molar-refractivity contribution in [1.29, 1.82) is 0 Å². The van der Waals surface area contributed by atoms with E-state index in [2.05, 4.69) is 41.4 Å². The first-order valence-corrected chi connectivity index (χ1v) is 9.24. The highest BCUT2D eigenvalue weighted by atomic mass is 35.5. The summed E-state index contributed by atoms with van der Waals surface area (Å²) in [7, 11) is 0. The lowest BCUT2D eigenvalue weighted by molar-refractivity contribution is -0.121. The molecule has 1 saturated heterocycles. The number of hydrogen-bond donors (Lipinski definition) is 1. The van der Waals surface area contributed by atoms with Gasteiger partial charge in [-0.2, -0.15) is 0 Å². The van der Waals surface area contributed by atoms with E-state index >= 15 is 0 Å². The van der Waals surface area contributed by atoms with Gasteiger partial charge in [-0.15, -0.1) is 0 Å². The number of nitrogens with one attached hydrogen (secondary N) is 1. The SMILES string of the molecule is Cc1cccc(CN2CCC(C(=O)Nc3cc(Cl)ccc3C)CC2)c1. The Morgan fingerprint density at radius 2 is 1.92 bits per heavy atom. The third-order valence-electron chi connectivity index (χ3n) is 4.90. The smallest absolute Gasteiger partial charge is 0.227 e. The topological polar surface area (TPSA) is 32.3 Å². The van der Waals surface area contributed by atoms with E-state index in [0.29, 0.717) is 5.02 Å². The normalized spacial score (nSPS) is 16.0. The molecule has 25 heavy (non-hydrogen) atoms. The number of likely N-dealkylation sites (tertiary alicyclic amines) is 1. The molecule has 0 atom stereocenters. The predicted molar refractivity (Wildman–Crippen MR) is 104 cm³/mol. The molecule has 0 radical (unpaired) electrons. The zero-order valence-corrected chi connectivity index (χ0v) is 15.6. The van der Waals surface area contributed by atoms with Gasteiger partial charge in [0.25, 0.3) is 0 Å². The minimum absolute atomic E-state index is 0.0761. The first-order valence-electron chi connectivity index (χ1n) is 8.86. The Labute approximate surface area is 155 Å². The zero-order chi connectivity index (χ0) is 17.8. The number of benzene rings is 2. The average molecular weight is 357 g/mol. The fourth-order valence-corrected chi connectivity index (χ4v) is 3.56. The lowest BCUT2D eigenvalue weighted by atomic mass is 9.95. The summed E-state index contributed by atoms with van der Waals surface area (Å²) >= 11 is 6.04. The van der Waals surface area contributed by atoms with Crippen molar-refractivity contribution in [1.82, 2.24) is 4.90 Å². The van der Waals surface area contributed by atoms with Gasteiger partial charge in [-0.25, -0.2) is 0 Å². The molecule has 1 aliphatic heterocycles. The maximum absolute atomic E-state index is 12.6. The highest BCUT2D eigenvalue weighted by Gasteiger charge is 2.25. The largest absolute Gasteiger partial charge is 0.326 e. The fourth-order valence-electron chi connectivity index (χ4n) is 3.39. The molecule has 0 aromatic heterocycles. The summed E-state index contributed by atoms with van der Waals surface area (Å²) < 4.78 is 0. The van der Waals surface area contributed by atoms with Gasteiger partial charge < -0.3 is 5.32 Å². The highest BCUT2D eigenvalue weighted by molar-refractivity contribution is 6.31. The van der Waals surface area contributed by atoms with Gasteiger partial charge in [-0.3, -0.25) is 9.69 Å². The number of piperidine rings is 1. The van der Waals surface area contributed by atoms with E-state index in [0.717, 1.165) is 43.7 Å². The minimum Gasteiger partial charge on any atom is -0.326 e. The molecule has 3 rings (SSSR count). The van der Waals surface area contributed by atoms with Crippen LogP contribution in [-0.4, -0.2) is 23.9 Å². The van der Waals surface area contributed by atoms with Crippen molar-refractivity contribution >= 4 is 23.2 Å². The number of nitrogens with zero attached hydrogens (tertiary/aromatic N) is 1. The monoisotopic (exact) mass is 356 g/mol.